The van der Waals surface area contributed by atoms with Gasteiger partial charge in [0.2, 0.25) is 5.91 Å². The van der Waals surface area contributed by atoms with E-state index in [-0.39, 0.29) is 29.9 Å². The molecule has 1 aromatic heterocycles. The molecule has 1 aliphatic heterocycles. The molecule has 1 aromatic rings. The zero-order valence-electron chi connectivity index (χ0n) is 14.5. The van der Waals surface area contributed by atoms with Crippen molar-refractivity contribution in [1.29, 1.82) is 0 Å². The molecule has 6 nitrogen and oxygen atoms in total. The highest BCUT2D eigenvalue weighted by Crippen LogP contribution is 2.19. The lowest BCUT2D eigenvalue weighted by molar-refractivity contribution is -0.119. The Morgan fingerprint density at radius 1 is 1.58 bits per heavy atom. The summed E-state index contributed by atoms with van der Waals surface area (Å²) < 4.78 is 0. The quantitative estimate of drug-likeness (QED) is 0.383. The fourth-order valence-corrected chi connectivity index (χ4v) is 3.75. The molecule has 0 aliphatic carbocycles. The molecule has 0 aromatic carbocycles. The molecule has 1 fully saturated rings. The number of nitrogens with two attached hydrogens (primary N) is 1. The zero-order chi connectivity index (χ0) is 16.7. The van der Waals surface area contributed by atoms with E-state index >= 15 is 0 Å². The minimum Gasteiger partial charge on any atom is -0.370 e. The maximum Gasteiger partial charge on any atom is 0.217 e. The van der Waals surface area contributed by atoms with Gasteiger partial charge in [-0.15, -0.1) is 35.3 Å². The molecule has 1 amide bonds. The number of nitrogens with zero attached hydrogens (tertiary/aromatic N) is 3. The number of aromatic nitrogens is 1. The number of carbonyl (C=O) groups is 1. The molecule has 1 unspecified atom stereocenters. The van der Waals surface area contributed by atoms with Crippen molar-refractivity contribution >= 4 is 47.2 Å². The summed E-state index contributed by atoms with van der Waals surface area (Å²) in [5.41, 5.74) is 6.47. The molecule has 2 rings (SSSR count). The molecule has 3 N–H and O–H groups in total. The smallest absolute Gasteiger partial charge is 0.217 e. The minimum atomic E-state index is -0.213. The molecule has 0 spiro atoms. The Morgan fingerprint density at radius 2 is 2.38 bits per heavy atom. The van der Waals surface area contributed by atoms with Gasteiger partial charge in [-0.1, -0.05) is 6.92 Å². The number of primary amides is 1. The monoisotopic (exact) mass is 465 g/mol. The first-order valence-electron chi connectivity index (χ1n) is 8.29. The van der Waals surface area contributed by atoms with Crippen molar-refractivity contribution in [3.05, 3.63) is 16.1 Å². The van der Waals surface area contributed by atoms with Gasteiger partial charge < -0.3 is 16.0 Å². The van der Waals surface area contributed by atoms with E-state index in [1.165, 1.54) is 5.01 Å². The summed E-state index contributed by atoms with van der Waals surface area (Å²) >= 11 is 1.72. The van der Waals surface area contributed by atoms with Gasteiger partial charge >= 0.3 is 0 Å². The van der Waals surface area contributed by atoms with Crippen LogP contribution in [0.5, 0.6) is 0 Å². The zero-order valence-corrected chi connectivity index (χ0v) is 17.6. The highest BCUT2D eigenvalue weighted by Gasteiger charge is 2.23. The van der Waals surface area contributed by atoms with Crippen molar-refractivity contribution in [2.75, 3.05) is 26.7 Å². The molecular weight excluding hydrogens is 437 g/mol. The number of piperidine rings is 1. The van der Waals surface area contributed by atoms with Gasteiger partial charge in [-0.05, 0) is 25.2 Å². The second kappa shape index (κ2) is 10.9. The number of hydrogen-bond donors (Lipinski definition) is 2. The number of guanidine groups is 1. The van der Waals surface area contributed by atoms with Crippen molar-refractivity contribution < 1.29 is 4.79 Å². The Labute approximate surface area is 165 Å². The predicted octanol–water partition coefficient (Wildman–Crippen LogP) is 2.03. The van der Waals surface area contributed by atoms with Gasteiger partial charge in [0.25, 0.3) is 0 Å². The van der Waals surface area contributed by atoms with Crippen molar-refractivity contribution in [1.82, 2.24) is 15.2 Å². The maximum absolute atomic E-state index is 11.1. The number of aliphatic imine (C=N–C) groups is 1. The van der Waals surface area contributed by atoms with Crippen molar-refractivity contribution in [2.24, 2.45) is 16.6 Å². The number of halogens is 1. The van der Waals surface area contributed by atoms with Crippen LogP contribution >= 0.6 is 35.3 Å². The van der Waals surface area contributed by atoms with Gasteiger partial charge in [-0.2, -0.15) is 0 Å². The van der Waals surface area contributed by atoms with E-state index in [2.05, 4.69) is 32.5 Å². The van der Waals surface area contributed by atoms with E-state index in [9.17, 15) is 4.79 Å². The first-order valence-corrected chi connectivity index (χ1v) is 9.17. The maximum atomic E-state index is 11.1. The van der Waals surface area contributed by atoms with Crippen LogP contribution < -0.4 is 11.1 Å². The Kier molecular flexibility index (Phi) is 9.57. The summed E-state index contributed by atoms with van der Waals surface area (Å²) in [5.74, 6) is 1.03. The topological polar surface area (TPSA) is 83.6 Å². The van der Waals surface area contributed by atoms with E-state index in [1.54, 1.807) is 18.4 Å². The summed E-state index contributed by atoms with van der Waals surface area (Å²) in [4.78, 5) is 22.3. The Bertz CT molecular complexity index is 548. The third-order valence-electron chi connectivity index (χ3n) is 4.09. The largest absolute Gasteiger partial charge is 0.370 e. The van der Waals surface area contributed by atoms with Crippen LogP contribution in [-0.2, 0) is 17.6 Å². The van der Waals surface area contributed by atoms with Crippen LogP contribution in [0.4, 0.5) is 0 Å². The van der Waals surface area contributed by atoms with Gasteiger partial charge in [0.15, 0.2) is 5.96 Å². The molecule has 1 atom stereocenters. The molecule has 2 heterocycles. The van der Waals surface area contributed by atoms with Gasteiger partial charge in [0, 0.05) is 44.9 Å². The number of thiazole rings is 1. The first-order chi connectivity index (χ1) is 11.1. The molecule has 1 aliphatic rings. The molecule has 1 saturated heterocycles. The number of carbonyl (C=O) groups excluding carboxylic acids is 1. The third kappa shape index (κ3) is 6.54. The Balaban J connectivity index is 0.00000288. The lowest BCUT2D eigenvalue weighted by Gasteiger charge is -2.34. The number of hydrogen-bond acceptors (Lipinski definition) is 4. The second-order valence-electron chi connectivity index (χ2n) is 5.93. The predicted molar refractivity (Wildman–Crippen MR) is 110 cm³/mol. The standard InChI is InChI=1S/C16H27N5OS.HI/c1-3-15-20-13(11-23-15)6-7-19-16(18-2)21-8-4-5-12(10-21)9-14(17)22;/h11-12H,3-10H2,1-2H3,(H2,17,22)(H,18,19);1H. The minimum absolute atomic E-state index is 0. The third-order valence-corrected chi connectivity index (χ3v) is 5.13. The molecule has 24 heavy (non-hydrogen) atoms. The summed E-state index contributed by atoms with van der Waals surface area (Å²) in [6.45, 7) is 4.77. The molecule has 0 bridgehead atoms. The van der Waals surface area contributed by atoms with Crippen LogP contribution in [0, 0.1) is 5.92 Å². The van der Waals surface area contributed by atoms with Gasteiger partial charge in [-0.3, -0.25) is 9.79 Å². The van der Waals surface area contributed by atoms with E-state index in [1.807, 2.05) is 0 Å². The number of aryl methyl sites for hydroxylation is 1. The normalized spacial score (nSPS) is 18.2. The summed E-state index contributed by atoms with van der Waals surface area (Å²) in [5, 5.41) is 6.73. The number of nitrogens with one attached hydrogen (secondary N) is 1. The van der Waals surface area contributed by atoms with E-state index < -0.39 is 0 Å². The van der Waals surface area contributed by atoms with Crippen LogP contribution in [0.1, 0.15) is 36.9 Å². The summed E-state index contributed by atoms with van der Waals surface area (Å²) in [6.07, 6.45) is 4.49. The summed E-state index contributed by atoms with van der Waals surface area (Å²) in [7, 11) is 1.80. The van der Waals surface area contributed by atoms with Gasteiger partial charge in [0.1, 0.15) is 0 Å². The van der Waals surface area contributed by atoms with Crippen LogP contribution in [0.3, 0.4) is 0 Å². The SMILES string of the molecule is CCc1nc(CCNC(=NC)N2CCCC(CC(N)=O)C2)cs1.I. The fourth-order valence-electron chi connectivity index (χ4n) is 2.97. The van der Waals surface area contributed by atoms with Gasteiger partial charge in [0.05, 0.1) is 10.7 Å². The van der Waals surface area contributed by atoms with Crippen molar-refractivity contribution in [3.63, 3.8) is 0 Å². The lowest BCUT2D eigenvalue weighted by Crippen LogP contribution is -2.47. The van der Waals surface area contributed by atoms with Gasteiger partial charge in [-0.25, -0.2) is 4.98 Å². The molecule has 136 valence electrons. The van der Waals surface area contributed by atoms with Crippen LogP contribution in [-0.4, -0.2) is 48.4 Å². The van der Waals surface area contributed by atoms with Crippen LogP contribution in [0.2, 0.25) is 0 Å². The van der Waals surface area contributed by atoms with Crippen molar-refractivity contribution in [3.8, 4) is 0 Å². The molecular formula is C16H28IN5OS. The van der Waals surface area contributed by atoms with Crippen LogP contribution in [0.25, 0.3) is 0 Å². The average Bonchev–Trinajstić information content (AvgIpc) is 2.99. The first kappa shape index (κ1) is 21.1. The molecule has 8 heteroatoms. The second-order valence-corrected chi connectivity index (χ2v) is 6.88. The number of amides is 1. The Morgan fingerprint density at radius 3 is 3.00 bits per heavy atom. The lowest BCUT2D eigenvalue weighted by atomic mass is 9.95. The number of likely N-dealkylation sites (tertiary alicyclic amines) is 1. The highest BCUT2D eigenvalue weighted by atomic mass is 127. The fraction of sp³-hybridized carbons (Fsp3) is 0.688. The van der Waals surface area contributed by atoms with Crippen LogP contribution in [0.15, 0.2) is 10.4 Å². The number of rotatable bonds is 6. The van der Waals surface area contributed by atoms with Crippen molar-refractivity contribution in [2.45, 2.75) is 39.0 Å². The average molecular weight is 465 g/mol. The van der Waals surface area contributed by atoms with E-state index in [4.69, 9.17) is 5.73 Å². The highest BCUT2D eigenvalue weighted by molar-refractivity contribution is 14.0. The summed E-state index contributed by atoms with van der Waals surface area (Å²) in [6, 6.07) is 0. The Hall–Kier alpha value is -0.900. The molecule has 0 saturated carbocycles. The van der Waals surface area contributed by atoms with E-state index in [0.29, 0.717) is 12.3 Å². The molecule has 0 radical (unpaired) electrons. The van der Waals surface area contributed by atoms with E-state index in [0.717, 1.165) is 57.0 Å².